The van der Waals surface area contributed by atoms with E-state index in [9.17, 15) is 14.4 Å². The lowest BCUT2D eigenvalue weighted by atomic mass is 10.2. The number of amides is 2. The van der Waals surface area contributed by atoms with Crippen LogP contribution in [0.15, 0.2) is 46.8 Å². The molecule has 1 aromatic heterocycles. The number of benzene rings is 2. The Hall–Kier alpha value is -3.64. The van der Waals surface area contributed by atoms with Crippen LogP contribution in [-0.2, 0) is 9.53 Å². The lowest BCUT2D eigenvalue weighted by molar-refractivity contribution is -0.113. The van der Waals surface area contributed by atoms with Gasteiger partial charge in [0.05, 0.1) is 36.8 Å². The molecule has 190 valence electrons. The highest BCUT2D eigenvalue weighted by atomic mass is 32.2. The molecule has 0 saturated carbocycles. The molecule has 0 bridgehead atoms. The van der Waals surface area contributed by atoms with Crippen LogP contribution in [0, 0.1) is 0 Å². The number of esters is 1. The number of hydrogen-bond donors (Lipinski definition) is 2. The zero-order valence-corrected chi connectivity index (χ0v) is 21.7. The highest BCUT2D eigenvalue weighted by Crippen LogP contribution is 2.30. The number of para-hydroxylation sites is 1. The van der Waals surface area contributed by atoms with Gasteiger partial charge in [-0.2, -0.15) is 0 Å². The van der Waals surface area contributed by atoms with Crippen LogP contribution in [0.3, 0.4) is 0 Å². The van der Waals surface area contributed by atoms with Gasteiger partial charge in [-0.05, 0) is 51.1 Å². The summed E-state index contributed by atoms with van der Waals surface area (Å²) in [5, 5.41) is 13.7. The summed E-state index contributed by atoms with van der Waals surface area (Å²) in [5.74, 6) is -0.123. The zero-order valence-electron chi connectivity index (χ0n) is 20.0. The van der Waals surface area contributed by atoms with Crippen LogP contribution < -0.4 is 20.1 Å². The molecule has 0 fully saturated rings. The van der Waals surface area contributed by atoms with Crippen molar-refractivity contribution in [1.82, 2.24) is 10.2 Å². The van der Waals surface area contributed by atoms with Crippen molar-refractivity contribution in [2.45, 2.75) is 25.1 Å². The molecule has 3 aromatic rings. The zero-order chi connectivity index (χ0) is 25.9. The number of thioether (sulfide) groups is 1. The monoisotopic (exact) mass is 530 g/mol. The fourth-order valence-corrected chi connectivity index (χ4v) is 4.52. The quantitative estimate of drug-likeness (QED) is 0.198. The standard InChI is InChI=1S/C24H26N4O6S2/c1-4-32-18-12-11-15(13-19(18)33-5-2)21(30)26-23-27-28-24(36-23)35-14-20(29)25-17-10-8-7-9-16(17)22(31)34-6-3/h7-13H,4-6,14H2,1-3H3,(H,25,29)(H,26,27,30). The first-order chi connectivity index (χ1) is 17.4. The number of nitrogens with zero attached hydrogens (tertiary/aromatic N) is 2. The Labute approximate surface area is 216 Å². The van der Waals surface area contributed by atoms with Crippen LogP contribution in [0.4, 0.5) is 10.8 Å². The van der Waals surface area contributed by atoms with Crippen LogP contribution in [0.5, 0.6) is 11.5 Å². The normalized spacial score (nSPS) is 10.4. The molecule has 0 atom stereocenters. The number of carbonyl (C=O) groups excluding carboxylic acids is 3. The van der Waals surface area contributed by atoms with E-state index in [1.165, 1.54) is 0 Å². The molecule has 0 spiro atoms. The summed E-state index contributed by atoms with van der Waals surface area (Å²) < 4.78 is 16.6. The molecule has 2 amide bonds. The van der Waals surface area contributed by atoms with Gasteiger partial charge in [0.2, 0.25) is 11.0 Å². The number of anilines is 2. The highest BCUT2D eigenvalue weighted by Gasteiger charge is 2.16. The summed E-state index contributed by atoms with van der Waals surface area (Å²) in [6, 6.07) is 11.6. The van der Waals surface area contributed by atoms with Gasteiger partial charge < -0.3 is 19.5 Å². The van der Waals surface area contributed by atoms with Gasteiger partial charge in [0.1, 0.15) is 0 Å². The summed E-state index contributed by atoms with van der Waals surface area (Å²) in [5.41, 5.74) is 1.03. The third-order valence-electron chi connectivity index (χ3n) is 4.46. The Morgan fingerprint density at radius 1 is 0.917 bits per heavy atom. The average molecular weight is 531 g/mol. The fourth-order valence-electron chi connectivity index (χ4n) is 2.97. The van der Waals surface area contributed by atoms with Crippen LogP contribution >= 0.6 is 23.1 Å². The molecule has 2 aromatic carbocycles. The molecule has 0 saturated heterocycles. The molecule has 36 heavy (non-hydrogen) atoms. The van der Waals surface area contributed by atoms with E-state index in [-0.39, 0.29) is 29.7 Å². The molecule has 0 aliphatic heterocycles. The molecule has 0 radical (unpaired) electrons. The van der Waals surface area contributed by atoms with Crippen molar-refractivity contribution in [2.75, 3.05) is 36.2 Å². The van der Waals surface area contributed by atoms with E-state index in [1.807, 2.05) is 13.8 Å². The van der Waals surface area contributed by atoms with Crippen molar-refractivity contribution in [1.29, 1.82) is 0 Å². The number of rotatable bonds is 12. The second kappa shape index (κ2) is 13.4. The Balaban J connectivity index is 1.57. The number of nitrogens with one attached hydrogen (secondary N) is 2. The smallest absolute Gasteiger partial charge is 0.340 e. The number of carbonyl (C=O) groups is 3. The van der Waals surface area contributed by atoms with Gasteiger partial charge in [0, 0.05) is 5.56 Å². The third kappa shape index (κ3) is 7.43. The fraction of sp³-hybridized carbons (Fsp3) is 0.292. The first-order valence-electron chi connectivity index (χ1n) is 11.2. The molecule has 3 rings (SSSR count). The van der Waals surface area contributed by atoms with E-state index in [0.29, 0.717) is 45.4 Å². The van der Waals surface area contributed by atoms with Gasteiger partial charge >= 0.3 is 5.97 Å². The second-order valence-electron chi connectivity index (χ2n) is 6.96. The van der Waals surface area contributed by atoms with Crippen molar-refractivity contribution >= 4 is 51.7 Å². The molecule has 10 nitrogen and oxygen atoms in total. The van der Waals surface area contributed by atoms with Gasteiger partial charge in [-0.1, -0.05) is 35.2 Å². The molecule has 0 unspecified atom stereocenters. The lowest BCUT2D eigenvalue weighted by Gasteiger charge is -2.12. The number of ether oxygens (including phenoxy) is 3. The maximum absolute atomic E-state index is 12.7. The summed E-state index contributed by atoms with van der Waals surface area (Å²) >= 11 is 2.30. The second-order valence-corrected chi connectivity index (χ2v) is 9.16. The van der Waals surface area contributed by atoms with Crippen molar-refractivity contribution in [3.63, 3.8) is 0 Å². The maximum atomic E-state index is 12.7. The van der Waals surface area contributed by atoms with Gasteiger partial charge in [-0.25, -0.2) is 4.79 Å². The Morgan fingerprint density at radius 3 is 2.42 bits per heavy atom. The molecule has 0 aliphatic rings. The van der Waals surface area contributed by atoms with E-state index in [4.69, 9.17) is 14.2 Å². The van der Waals surface area contributed by atoms with Gasteiger partial charge in [-0.3, -0.25) is 14.9 Å². The summed E-state index contributed by atoms with van der Waals surface area (Å²) in [7, 11) is 0. The Bertz CT molecular complexity index is 1220. The van der Waals surface area contributed by atoms with E-state index < -0.39 is 5.97 Å². The first kappa shape index (κ1) is 27.0. The van der Waals surface area contributed by atoms with Crippen molar-refractivity contribution in [3.05, 3.63) is 53.6 Å². The summed E-state index contributed by atoms with van der Waals surface area (Å²) in [4.78, 5) is 37.2. The lowest BCUT2D eigenvalue weighted by Crippen LogP contribution is -2.17. The Morgan fingerprint density at radius 2 is 1.67 bits per heavy atom. The van der Waals surface area contributed by atoms with E-state index >= 15 is 0 Å². The SMILES string of the molecule is CCOC(=O)c1ccccc1NC(=O)CSc1nnc(NC(=O)c2ccc(OCC)c(OCC)c2)s1. The third-order valence-corrected chi connectivity index (χ3v) is 6.43. The van der Waals surface area contributed by atoms with Gasteiger partial charge in [-0.15, -0.1) is 10.2 Å². The van der Waals surface area contributed by atoms with E-state index in [2.05, 4.69) is 20.8 Å². The largest absolute Gasteiger partial charge is 0.490 e. The van der Waals surface area contributed by atoms with Crippen LogP contribution in [0.25, 0.3) is 0 Å². The van der Waals surface area contributed by atoms with Gasteiger partial charge in [0.15, 0.2) is 15.8 Å². The average Bonchev–Trinajstić information content (AvgIpc) is 3.31. The van der Waals surface area contributed by atoms with Gasteiger partial charge in [0.25, 0.3) is 5.91 Å². The summed E-state index contributed by atoms with van der Waals surface area (Å²) in [6.07, 6.45) is 0. The molecule has 2 N–H and O–H groups in total. The van der Waals surface area contributed by atoms with Crippen molar-refractivity contribution in [2.24, 2.45) is 0 Å². The maximum Gasteiger partial charge on any atom is 0.340 e. The predicted octanol–water partition coefficient (Wildman–Crippen LogP) is 4.50. The van der Waals surface area contributed by atoms with E-state index in [1.54, 1.807) is 49.4 Å². The molecule has 1 heterocycles. The number of aromatic nitrogens is 2. The number of hydrogen-bond acceptors (Lipinski definition) is 10. The Kier molecular flexibility index (Phi) is 10.1. The van der Waals surface area contributed by atoms with Crippen molar-refractivity contribution in [3.8, 4) is 11.5 Å². The highest BCUT2D eigenvalue weighted by molar-refractivity contribution is 8.01. The van der Waals surface area contributed by atoms with E-state index in [0.717, 1.165) is 23.1 Å². The first-order valence-corrected chi connectivity index (χ1v) is 13.0. The molecular weight excluding hydrogens is 504 g/mol. The van der Waals surface area contributed by atoms with Crippen LogP contribution in [-0.4, -0.2) is 53.6 Å². The molecule has 0 aliphatic carbocycles. The minimum absolute atomic E-state index is 0.0380. The van der Waals surface area contributed by atoms with Crippen LogP contribution in [0.1, 0.15) is 41.5 Å². The van der Waals surface area contributed by atoms with Crippen LogP contribution in [0.2, 0.25) is 0 Å². The summed E-state index contributed by atoms with van der Waals surface area (Å²) in [6.45, 7) is 6.58. The minimum Gasteiger partial charge on any atom is -0.490 e. The molecular formula is C24H26N4O6S2. The molecule has 12 heteroatoms. The topological polar surface area (TPSA) is 129 Å². The van der Waals surface area contributed by atoms with Crippen molar-refractivity contribution < 1.29 is 28.6 Å². The minimum atomic E-state index is -0.508. The predicted molar refractivity (Wildman–Crippen MR) is 138 cm³/mol.